The summed E-state index contributed by atoms with van der Waals surface area (Å²) in [5, 5.41) is 0. The quantitative estimate of drug-likeness (QED) is 0.605. The Morgan fingerprint density at radius 3 is 2.80 bits per heavy atom. The van der Waals surface area contributed by atoms with Crippen molar-refractivity contribution in [3.05, 3.63) is 35.9 Å². The van der Waals surface area contributed by atoms with E-state index in [-0.39, 0.29) is 12.5 Å². The van der Waals surface area contributed by atoms with Crippen LogP contribution in [-0.2, 0) is 19.1 Å². The van der Waals surface area contributed by atoms with Gasteiger partial charge in [-0.2, -0.15) is 0 Å². The van der Waals surface area contributed by atoms with E-state index in [4.69, 9.17) is 9.47 Å². The standard InChI is InChI=1S/C15H17NO4/c1-3-20-14(17)10-12-11-6-4-5-7-13(11)16(15(12)18)8-9-19-2/h4-7,10H,3,8-9H2,1-2H3. The normalized spacial score (nSPS) is 15.6. The molecule has 1 aromatic rings. The van der Waals surface area contributed by atoms with Gasteiger partial charge in [-0.1, -0.05) is 18.2 Å². The first-order chi connectivity index (χ1) is 9.69. The van der Waals surface area contributed by atoms with Crippen LogP contribution in [-0.4, -0.2) is 38.7 Å². The topological polar surface area (TPSA) is 55.8 Å². The van der Waals surface area contributed by atoms with Gasteiger partial charge in [-0.3, -0.25) is 4.79 Å². The molecule has 0 bridgehead atoms. The van der Waals surface area contributed by atoms with Gasteiger partial charge < -0.3 is 14.4 Å². The minimum absolute atomic E-state index is 0.198. The van der Waals surface area contributed by atoms with E-state index in [1.807, 2.05) is 24.3 Å². The third kappa shape index (κ3) is 2.72. The van der Waals surface area contributed by atoms with E-state index < -0.39 is 5.97 Å². The number of hydrogen-bond donors (Lipinski definition) is 0. The van der Waals surface area contributed by atoms with Crippen molar-refractivity contribution in [3.63, 3.8) is 0 Å². The number of nitrogens with zero attached hydrogens (tertiary/aromatic N) is 1. The van der Waals surface area contributed by atoms with Gasteiger partial charge in [0, 0.05) is 25.3 Å². The van der Waals surface area contributed by atoms with Gasteiger partial charge in [0.25, 0.3) is 5.91 Å². The number of carbonyl (C=O) groups is 2. The summed E-state index contributed by atoms with van der Waals surface area (Å²) in [6.07, 6.45) is 1.26. The molecule has 5 heteroatoms. The molecular formula is C15H17NO4. The first-order valence-electron chi connectivity index (χ1n) is 6.47. The van der Waals surface area contributed by atoms with Gasteiger partial charge in [0.05, 0.1) is 24.5 Å². The maximum atomic E-state index is 12.4. The molecule has 2 rings (SSSR count). The highest BCUT2D eigenvalue weighted by atomic mass is 16.5. The molecule has 0 radical (unpaired) electrons. The molecule has 106 valence electrons. The number of benzene rings is 1. The first-order valence-corrected chi connectivity index (χ1v) is 6.47. The molecule has 1 aliphatic heterocycles. The summed E-state index contributed by atoms with van der Waals surface area (Å²) in [6.45, 7) is 2.90. The molecule has 0 spiro atoms. The molecule has 5 nitrogen and oxygen atoms in total. The molecule has 1 amide bonds. The fourth-order valence-electron chi connectivity index (χ4n) is 2.15. The summed E-state index contributed by atoms with van der Waals surface area (Å²) in [5.41, 5.74) is 1.92. The van der Waals surface area contributed by atoms with Crippen LogP contribution in [0, 0.1) is 0 Å². The number of carbonyl (C=O) groups excluding carboxylic acids is 2. The summed E-state index contributed by atoms with van der Waals surface area (Å²) < 4.78 is 9.89. The van der Waals surface area contributed by atoms with Crippen molar-refractivity contribution in [1.29, 1.82) is 0 Å². The van der Waals surface area contributed by atoms with Crippen molar-refractivity contribution in [1.82, 2.24) is 0 Å². The molecule has 0 saturated carbocycles. The molecule has 1 aromatic carbocycles. The second-order valence-electron chi connectivity index (χ2n) is 4.28. The van der Waals surface area contributed by atoms with Gasteiger partial charge >= 0.3 is 5.97 Å². The van der Waals surface area contributed by atoms with E-state index in [2.05, 4.69) is 0 Å². The summed E-state index contributed by atoms with van der Waals surface area (Å²) in [7, 11) is 1.59. The number of esters is 1. The SMILES string of the molecule is CCOC(=O)C=C1C(=O)N(CCOC)c2ccccc21. The molecule has 1 aliphatic rings. The Bertz CT molecular complexity index is 551. The molecule has 0 aromatic heterocycles. The summed E-state index contributed by atoms with van der Waals surface area (Å²) >= 11 is 0. The lowest BCUT2D eigenvalue weighted by Crippen LogP contribution is -2.30. The van der Waals surface area contributed by atoms with Gasteiger partial charge in [-0.05, 0) is 13.0 Å². The third-order valence-corrected chi connectivity index (χ3v) is 3.03. The van der Waals surface area contributed by atoms with Crippen LogP contribution < -0.4 is 4.90 Å². The van der Waals surface area contributed by atoms with E-state index in [1.165, 1.54) is 6.08 Å². The average molecular weight is 275 g/mol. The fraction of sp³-hybridized carbons (Fsp3) is 0.333. The maximum Gasteiger partial charge on any atom is 0.331 e. The lowest BCUT2D eigenvalue weighted by Gasteiger charge is -2.16. The monoisotopic (exact) mass is 275 g/mol. The van der Waals surface area contributed by atoms with Crippen LogP contribution in [0.25, 0.3) is 5.57 Å². The highest BCUT2D eigenvalue weighted by Gasteiger charge is 2.32. The lowest BCUT2D eigenvalue weighted by molar-refractivity contribution is -0.137. The number of anilines is 1. The Morgan fingerprint density at radius 2 is 2.10 bits per heavy atom. The van der Waals surface area contributed by atoms with Gasteiger partial charge in [0.1, 0.15) is 0 Å². The van der Waals surface area contributed by atoms with Crippen molar-refractivity contribution in [2.45, 2.75) is 6.92 Å². The minimum Gasteiger partial charge on any atom is -0.463 e. The van der Waals surface area contributed by atoms with Crippen molar-refractivity contribution in [3.8, 4) is 0 Å². The number of fused-ring (bicyclic) bond motifs is 1. The van der Waals surface area contributed by atoms with Gasteiger partial charge in [0.2, 0.25) is 0 Å². The van der Waals surface area contributed by atoms with Crippen LogP contribution in [0.15, 0.2) is 30.3 Å². The zero-order valence-corrected chi connectivity index (χ0v) is 11.6. The molecule has 0 saturated heterocycles. The summed E-state index contributed by atoms with van der Waals surface area (Å²) in [6, 6.07) is 7.38. The van der Waals surface area contributed by atoms with E-state index in [9.17, 15) is 9.59 Å². The van der Waals surface area contributed by atoms with Gasteiger partial charge in [-0.25, -0.2) is 4.79 Å². The largest absolute Gasteiger partial charge is 0.463 e. The van der Waals surface area contributed by atoms with Crippen LogP contribution >= 0.6 is 0 Å². The van der Waals surface area contributed by atoms with Crippen molar-refractivity contribution < 1.29 is 19.1 Å². The van der Waals surface area contributed by atoms with E-state index >= 15 is 0 Å². The molecule has 0 N–H and O–H groups in total. The predicted molar refractivity (Wildman–Crippen MR) is 75.3 cm³/mol. The Hall–Kier alpha value is -2.14. The number of methoxy groups -OCH3 is 1. The van der Waals surface area contributed by atoms with Crippen molar-refractivity contribution >= 4 is 23.1 Å². The average Bonchev–Trinajstić information content (AvgIpc) is 2.70. The fourth-order valence-corrected chi connectivity index (χ4v) is 2.15. The van der Waals surface area contributed by atoms with Gasteiger partial charge in [-0.15, -0.1) is 0 Å². The Balaban J connectivity index is 2.35. The van der Waals surface area contributed by atoms with Crippen LogP contribution in [0.2, 0.25) is 0 Å². The predicted octanol–water partition coefficient (Wildman–Crippen LogP) is 1.63. The summed E-state index contributed by atoms with van der Waals surface area (Å²) in [5.74, 6) is -0.699. The zero-order chi connectivity index (χ0) is 14.5. The van der Waals surface area contributed by atoms with E-state index in [1.54, 1.807) is 18.9 Å². The number of amides is 1. The van der Waals surface area contributed by atoms with E-state index in [0.29, 0.717) is 18.7 Å². The summed E-state index contributed by atoms with van der Waals surface area (Å²) in [4.78, 5) is 25.6. The van der Waals surface area contributed by atoms with Gasteiger partial charge in [0.15, 0.2) is 0 Å². The molecule has 20 heavy (non-hydrogen) atoms. The van der Waals surface area contributed by atoms with Crippen molar-refractivity contribution in [2.75, 3.05) is 31.8 Å². The molecule has 0 unspecified atom stereocenters. The van der Waals surface area contributed by atoms with Crippen molar-refractivity contribution in [2.24, 2.45) is 0 Å². The van der Waals surface area contributed by atoms with Crippen LogP contribution in [0.5, 0.6) is 0 Å². The minimum atomic E-state index is -0.501. The molecular weight excluding hydrogens is 258 g/mol. The molecule has 0 atom stereocenters. The number of para-hydroxylation sites is 1. The molecule has 0 fully saturated rings. The first kappa shape index (κ1) is 14.3. The highest BCUT2D eigenvalue weighted by Crippen LogP contribution is 2.36. The zero-order valence-electron chi connectivity index (χ0n) is 11.6. The lowest BCUT2D eigenvalue weighted by atomic mass is 10.1. The number of ether oxygens (including phenoxy) is 2. The van der Waals surface area contributed by atoms with Crippen LogP contribution in [0.4, 0.5) is 5.69 Å². The number of rotatable bonds is 5. The van der Waals surface area contributed by atoms with E-state index in [0.717, 1.165) is 11.3 Å². The Labute approximate surface area is 117 Å². The second-order valence-corrected chi connectivity index (χ2v) is 4.28. The third-order valence-electron chi connectivity index (χ3n) is 3.03. The van der Waals surface area contributed by atoms with Crippen LogP contribution in [0.1, 0.15) is 12.5 Å². The Kier molecular flexibility index (Phi) is 4.53. The number of hydrogen-bond acceptors (Lipinski definition) is 4. The van der Waals surface area contributed by atoms with Crippen LogP contribution in [0.3, 0.4) is 0 Å². The smallest absolute Gasteiger partial charge is 0.331 e. The molecule has 1 heterocycles. The highest BCUT2D eigenvalue weighted by molar-refractivity contribution is 6.34. The molecule has 0 aliphatic carbocycles. The second kappa shape index (κ2) is 6.34. The maximum absolute atomic E-state index is 12.4. The Morgan fingerprint density at radius 1 is 1.35 bits per heavy atom.